The number of fused-ring (bicyclic) bond motifs is 1. The number of morpholine rings is 1. The van der Waals surface area contributed by atoms with E-state index in [0.717, 1.165) is 26.1 Å². The molecule has 104 valence electrons. The fraction of sp³-hybridized carbons (Fsp3) is 0.923. The van der Waals surface area contributed by atoms with Gasteiger partial charge in [-0.3, -0.25) is 9.69 Å². The van der Waals surface area contributed by atoms with Crippen LogP contribution < -0.4 is 5.32 Å². The van der Waals surface area contributed by atoms with Crippen molar-refractivity contribution in [3.05, 3.63) is 0 Å². The lowest BCUT2D eigenvalue weighted by atomic mass is 9.97. The summed E-state index contributed by atoms with van der Waals surface area (Å²) >= 11 is 0. The van der Waals surface area contributed by atoms with Crippen LogP contribution in [0.3, 0.4) is 0 Å². The van der Waals surface area contributed by atoms with E-state index in [0.29, 0.717) is 18.6 Å². The highest BCUT2D eigenvalue weighted by molar-refractivity contribution is 5.78. The molecule has 0 amide bonds. The first-order chi connectivity index (χ1) is 8.57. The van der Waals surface area contributed by atoms with Crippen LogP contribution in [0, 0.1) is 0 Å². The molecular weight excluding hydrogens is 232 g/mol. The van der Waals surface area contributed by atoms with Crippen molar-refractivity contribution in [1.29, 1.82) is 0 Å². The van der Waals surface area contributed by atoms with Crippen LogP contribution in [0.5, 0.6) is 0 Å². The van der Waals surface area contributed by atoms with Gasteiger partial charge in [-0.2, -0.15) is 0 Å². The Kier molecular flexibility index (Phi) is 4.25. The summed E-state index contributed by atoms with van der Waals surface area (Å²) in [5.74, 6) is -0.777. The van der Waals surface area contributed by atoms with Crippen LogP contribution in [-0.4, -0.2) is 60.4 Å². The van der Waals surface area contributed by atoms with Gasteiger partial charge in [-0.1, -0.05) is 0 Å². The molecule has 1 aliphatic heterocycles. The Bertz CT molecular complexity index is 311. The van der Waals surface area contributed by atoms with Crippen molar-refractivity contribution < 1.29 is 14.6 Å². The number of nitrogens with zero attached hydrogens (tertiary/aromatic N) is 1. The van der Waals surface area contributed by atoms with E-state index in [2.05, 4.69) is 10.2 Å². The molecule has 0 aromatic carbocycles. The van der Waals surface area contributed by atoms with E-state index in [1.54, 1.807) is 14.0 Å². The number of carboxylic acid groups (broad SMARTS) is 1. The van der Waals surface area contributed by atoms with Gasteiger partial charge in [0.1, 0.15) is 5.54 Å². The normalized spacial score (nSPS) is 31.9. The number of ether oxygens (including phenoxy) is 1. The van der Waals surface area contributed by atoms with Crippen LogP contribution >= 0.6 is 0 Å². The predicted octanol–water partition coefficient (Wildman–Crippen LogP) is 0.693. The molecule has 3 atom stereocenters. The average molecular weight is 256 g/mol. The van der Waals surface area contributed by atoms with E-state index in [1.807, 2.05) is 0 Å². The monoisotopic (exact) mass is 256 g/mol. The lowest BCUT2D eigenvalue weighted by molar-refractivity contribution is -0.144. The number of hydrogen-bond donors (Lipinski definition) is 2. The van der Waals surface area contributed by atoms with Crippen LogP contribution in [0.15, 0.2) is 0 Å². The van der Waals surface area contributed by atoms with Gasteiger partial charge in [-0.25, -0.2) is 0 Å². The minimum atomic E-state index is -0.827. The van der Waals surface area contributed by atoms with Crippen molar-refractivity contribution in [3.63, 3.8) is 0 Å². The summed E-state index contributed by atoms with van der Waals surface area (Å²) in [6.45, 7) is 4.29. The first kappa shape index (κ1) is 13.8. The Morgan fingerprint density at radius 1 is 1.56 bits per heavy atom. The molecule has 2 aliphatic rings. The topological polar surface area (TPSA) is 61.8 Å². The number of carboxylic acids is 1. The van der Waals surface area contributed by atoms with Gasteiger partial charge in [0, 0.05) is 19.1 Å². The molecule has 1 saturated carbocycles. The van der Waals surface area contributed by atoms with E-state index in [1.165, 1.54) is 12.8 Å². The van der Waals surface area contributed by atoms with E-state index in [9.17, 15) is 9.90 Å². The maximum atomic E-state index is 11.2. The minimum absolute atomic E-state index is 0.379. The van der Waals surface area contributed by atoms with E-state index < -0.39 is 11.5 Å². The van der Waals surface area contributed by atoms with Crippen LogP contribution in [0.1, 0.15) is 32.6 Å². The molecule has 5 heteroatoms. The first-order valence-electron chi connectivity index (χ1n) is 6.85. The third-order valence-corrected chi connectivity index (χ3v) is 4.52. The number of hydrogen-bond acceptors (Lipinski definition) is 4. The third kappa shape index (κ3) is 2.68. The minimum Gasteiger partial charge on any atom is -0.480 e. The number of aliphatic carboxylic acids is 1. The standard InChI is InChI=1S/C13H24N2O3/c1-13(14-2,12(16)17)6-7-15-8-9-18-11-5-3-4-10(11)15/h10-11,14H,3-9H2,1-2H3,(H,16,17). The zero-order chi connectivity index (χ0) is 13.2. The number of nitrogens with one attached hydrogen (secondary N) is 1. The lowest BCUT2D eigenvalue weighted by Crippen LogP contribution is -2.53. The Morgan fingerprint density at radius 2 is 2.33 bits per heavy atom. The van der Waals surface area contributed by atoms with Crippen LogP contribution in [-0.2, 0) is 9.53 Å². The average Bonchev–Trinajstić information content (AvgIpc) is 2.84. The van der Waals surface area contributed by atoms with Gasteiger partial charge < -0.3 is 15.2 Å². The molecule has 5 nitrogen and oxygen atoms in total. The van der Waals surface area contributed by atoms with Gasteiger partial charge in [0.25, 0.3) is 0 Å². The highest BCUT2D eigenvalue weighted by atomic mass is 16.5. The van der Waals surface area contributed by atoms with Gasteiger partial charge >= 0.3 is 5.97 Å². The summed E-state index contributed by atoms with van der Waals surface area (Å²) in [5.41, 5.74) is -0.827. The van der Waals surface area contributed by atoms with Gasteiger partial charge in [-0.15, -0.1) is 0 Å². The highest BCUT2D eigenvalue weighted by Crippen LogP contribution is 2.30. The molecule has 1 aliphatic carbocycles. The molecule has 2 rings (SSSR count). The molecule has 2 fully saturated rings. The van der Waals surface area contributed by atoms with E-state index >= 15 is 0 Å². The Morgan fingerprint density at radius 3 is 3.00 bits per heavy atom. The van der Waals surface area contributed by atoms with Gasteiger partial charge in [-0.05, 0) is 39.7 Å². The molecule has 0 aromatic rings. The number of likely N-dealkylation sites (N-methyl/N-ethyl adjacent to an activating group) is 1. The molecule has 0 aromatic heterocycles. The zero-order valence-electron chi connectivity index (χ0n) is 11.3. The maximum absolute atomic E-state index is 11.2. The van der Waals surface area contributed by atoms with Crippen molar-refractivity contribution in [2.75, 3.05) is 26.7 Å². The highest BCUT2D eigenvalue weighted by Gasteiger charge is 2.38. The van der Waals surface area contributed by atoms with Crippen molar-refractivity contribution in [1.82, 2.24) is 10.2 Å². The molecule has 0 bridgehead atoms. The van der Waals surface area contributed by atoms with Crippen LogP contribution in [0.25, 0.3) is 0 Å². The summed E-state index contributed by atoms with van der Waals surface area (Å²) in [7, 11) is 1.71. The largest absolute Gasteiger partial charge is 0.480 e. The fourth-order valence-electron chi connectivity index (χ4n) is 2.99. The quantitative estimate of drug-likeness (QED) is 0.758. The second-order valence-corrected chi connectivity index (χ2v) is 5.58. The second-order valence-electron chi connectivity index (χ2n) is 5.58. The summed E-state index contributed by atoms with van der Waals surface area (Å²) in [6, 6.07) is 0.508. The zero-order valence-corrected chi connectivity index (χ0v) is 11.3. The molecule has 3 unspecified atom stereocenters. The summed E-state index contributed by atoms with van der Waals surface area (Å²) in [6.07, 6.45) is 4.58. The molecular formula is C13H24N2O3. The van der Waals surface area contributed by atoms with Crippen molar-refractivity contribution in [2.45, 2.75) is 50.3 Å². The smallest absolute Gasteiger partial charge is 0.323 e. The van der Waals surface area contributed by atoms with Crippen molar-refractivity contribution in [2.24, 2.45) is 0 Å². The Labute approximate surface area is 108 Å². The fourth-order valence-corrected chi connectivity index (χ4v) is 2.99. The van der Waals surface area contributed by atoms with Gasteiger partial charge in [0.05, 0.1) is 12.7 Å². The van der Waals surface area contributed by atoms with Crippen LogP contribution in [0.2, 0.25) is 0 Å². The molecule has 18 heavy (non-hydrogen) atoms. The third-order valence-electron chi connectivity index (χ3n) is 4.52. The lowest BCUT2D eigenvalue weighted by Gasteiger charge is -2.39. The SMILES string of the molecule is CNC(C)(CCN1CCOC2CCCC21)C(=O)O. The molecule has 0 radical (unpaired) electrons. The summed E-state index contributed by atoms with van der Waals surface area (Å²) in [5, 5.41) is 12.2. The maximum Gasteiger partial charge on any atom is 0.323 e. The first-order valence-corrected chi connectivity index (χ1v) is 6.85. The molecule has 2 N–H and O–H groups in total. The number of rotatable bonds is 5. The van der Waals surface area contributed by atoms with Crippen LogP contribution in [0.4, 0.5) is 0 Å². The Balaban J connectivity index is 1.91. The second kappa shape index (κ2) is 5.55. The van der Waals surface area contributed by atoms with E-state index in [4.69, 9.17) is 4.74 Å². The van der Waals surface area contributed by atoms with Crippen molar-refractivity contribution >= 4 is 5.97 Å². The predicted molar refractivity (Wildman–Crippen MR) is 68.7 cm³/mol. The van der Waals surface area contributed by atoms with Gasteiger partial charge in [0.15, 0.2) is 0 Å². The Hall–Kier alpha value is -0.650. The van der Waals surface area contributed by atoms with Gasteiger partial charge in [0.2, 0.25) is 0 Å². The molecule has 1 saturated heterocycles. The van der Waals surface area contributed by atoms with E-state index in [-0.39, 0.29) is 0 Å². The number of carbonyl (C=O) groups is 1. The molecule has 1 heterocycles. The summed E-state index contributed by atoms with van der Waals surface area (Å²) in [4.78, 5) is 13.7. The van der Waals surface area contributed by atoms with Crippen molar-refractivity contribution in [3.8, 4) is 0 Å². The molecule has 0 spiro atoms. The summed E-state index contributed by atoms with van der Waals surface area (Å²) < 4.78 is 5.76.